The maximum Gasteiger partial charge on any atom is 0.296 e. The van der Waals surface area contributed by atoms with Crippen molar-refractivity contribution < 1.29 is 9.21 Å². The van der Waals surface area contributed by atoms with Crippen molar-refractivity contribution in [1.29, 1.82) is 0 Å². The van der Waals surface area contributed by atoms with E-state index < -0.39 is 6.04 Å². The van der Waals surface area contributed by atoms with Crippen LogP contribution in [0.5, 0.6) is 0 Å². The van der Waals surface area contributed by atoms with Gasteiger partial charge in [0.25, 0.3) is 5.91 Å². The highest BCUT2D eigenvalue weighted by Crippen LogP contribution is 2.41. The molecule has 4 aromatic rings. The second-order valence-electron chi connectivity index (χ2n) is 9.81. The first-order chi connectivity index (χ1) is 15.6. The summed E-state index contributed by atoms with van der Waals surface area (Å²) in [7, 11) is 0. The Labute approximate surface area is 192 Å². The third-order valence-electron chi connectivity index (χ3n) is 6.27. The van der Waals surface area contributed by atoms with Gasteiger partial charge in [-0.3, -0.25) is 14.5 Å². The van der Waals surface area contributed by atoms with Gasteiger partial charge in [-0.1, -0.05) is 56.7 Å². The van der Waals surface area contributed by atoms with Crippen LogP contribution in [-0.4, -0.2) is 10.9 Å². The second-order valence-corrected chi connectivity index (χ2v) is 9.81. The number of fused-ring (bicyclic) bond motifs is 2. The van der Waals surface area contributed by atoms with Crippen LogP contribution < -0.4 is 10.3 Å². The Morgan fingerprint density at radius 3 is 2.27 bits per heavy atom. The Morgan fingerprint density at radius 2 is 1.61 bits per heavy atom. The molecule has 1 atom stereocenters. The van der Waals surface area contributed by atoms with Crippen LogP contribution in [0.4, 0.5) is 5.82 Å². The lowest BCUT2D eigenvalue weighted by atomic mass is 9.86. The highest BCUT2D eigenvalue weighted by molar-refractivity contribution is 6.10. The Morgan fingerprint density at radius 1 is 0.909 bits per heavy atom. The monoisotopic (exact) mass is 438 g/mol. The normalized spacial score (nSPS) is 15.8. The van der Waals surface area contributed by atoms with Gasteiger partial charge in [0.05, 0.1) is 17.0 Å². The molecule has 0 saturated carbocycles. The molecule has 0 N–H and O–H groups in total. The third-order valence-corrected chi connectivity index (χ3v) is 6.27. The second kappa shape index (κ2) is 7.41. The van der Waals surface area contributed by atoms with Gasteiger partial charge in [-0.15, -0.1) is 0 Å². The van der Waals surface area contributed by atoms with Crippen LogP contribution in [0.3, 0.4) is 0 Å². The number of rotatable bonds is 2. The molecule has 5 rings (SSSR count). The van der Waals surface area contributed by atoms with Crippen molar-refractivity contribution in [3.63, 3.8) is 0 Å². The number of anilines is 1. The molecule has 2 aromatic heterocycles. The average molecular weight is 439 g/mol. The number of aryl methyl sites for hydroxylation is 2. The standard InChI is InChI=1S/C28H26N2O3/c1-16-6-11-21-20(14-16)25(31)23-24(18-7-9-19(10-8-18)28(3,4)5)30(27(32)26(23)33-21)22-15-17(2)12-13-29-22/h6-15,24H,1-5H3. The molecule has 5 nitrogen and oxygen atoms in total. The lowest BCUT2D eigenvalue weighted by Gasteiger charge is -2.25. The molecule has 0 bridgehead atoms. The zero-order valence-corrected chi connectivity index (χ0v) is 19.5. The van der Waals surface area contributed by atoms with Gasteiger partial charge in [-0.05, 0) is 60.2 Å². The minimum atomic E-state index is -0.614. The highest BCUT2D eigenvalue weighted by Gasteiger charge is 2.44. The summed E-state index contributed by atoms with van der Waals surface area (Å²) in [6.07, 6.45) is 1.68. The number of carbonyl (C=O) groups is 1. The van der Waals surface area contributed by atoms with Gasteiger partial charge >= 0.3 is 0 Å². The van der Waals surface area contributed by atoms with Gasteiger partial charge < -0.3 is 4.42 Å². The lowest BCUT2D eigenvalue weighted by molar-refractivity contribution is 0.0970. The van der Waals surface area contributed by atoms with Crippen LogP contribution in [0.15, 0.2) is 70.0 Å². The first-order valence-electron chi connectivity index (χ1n) is 11.1. The van der Waals surface area contributed by atoms with E-state index in [0.717, 1.165) is 16.7 Å². The SMILES string of the molecule is Cc1ccnc(N2C(=O)c3oc4ccc(C)cc4c(=O)c3C2c2ccc(C(C)(C)C)cc2)c1. The van der Waals surface area contributed by atoms with E-state index in [1.807, 2.05) is 50.2 Å². The molecule has 0 radical (unpaired) electrons. The summed E-state index contributed by atoms with van der Waals surface area (Å²) in [5, 5.41) is 0.483. The fourth-order valence-corrected chi connectivity index (χ4v) is 4.46. The summed E-state index contributed by atoms with van der Waals surface area (Å²) in [4.78, 5) is 33.4. The van der Waals surface area contributed by atoms with Crippen molar-refractivity contribution in [1.82, 2.24) is 4.98 Å². The molecule has 0 fully saturated rings. The molecule has 5 heteroatoms. The Bertz CT molecular complexity index is 1460. The molecule has 0 saturated heterocycles. The third kappa shape index (κ3) is 3.44. The quantitative estimate of drug-likeness (QED) is 0.394. The van der Waals surface area contributed by atoms with E-state index in [9.17, 15) is 9.59 Å². The zero-order valence-electron chi connectivity index (χ0n) is 19.5. The predicted molar refractivity (Wildman–Crippen MR) is 130 cm³/mol. The van der Waals surface area contributed by atoms with Crippen molar-refractivity contribution >= 4 is 22.7 Å². The summed E-state index contributed by atoms with van der Waals surface area (Å²) in [6.45, 7) is 10.4. The Kier molecular flexibility index (Phi) is 4.74. The molecule has 3 heterocycles. The molecule has 1 aliphatic heterocycles. The van der Waals surface area contributed by atoms with Gasteiger partial charge in [-0.2, -0.15) is 0 Å². The smallest absolute Gasteiger partial charge is 0.296 e. The summed E-state index contributed by atoms with van der Waals surface area (Å²) >= 11 is 0. The van der Waals surface area contributed by atoms with Crippen molar-refractivity contribution in [2.24, 2.45) is 0 Å². The van der Waals surface area contributed by atoms with E-state index in [4.69, 9.17) is 4.42 Å². The zero-order chi connectivity index (χ0) is 23.5. The van der Waals surface area contributed by atoms with Crippen LogP contribution in [0, 0.1) is 13.8 Å². The predicted octanol–water partition coefficient (Wildman–Crippen LogP) is 5.85. The molecule has 1 aliphatic rings. The summed E-state index contributed by atoms with van der Waals surface area (Å²) in [5.41, 5.74) is 4.56. The fraction of sp³-hybridized carbons (Fsp3) is 0.250. The number of aromatic nitrogens is 1. The number of amides is 1. The van der Waals surface area contributed by atoms with E-state index in [2.05, 4.69) is 37.9 Å². The van der Waals surface area contributed by atoms with Crippen LogP contribution >= 0.6 is 0 Å². The Hall–Kier alpha value is -3.73. The molecule has 0 aliphatic carbocycles. The molecule has 0 spiro atoms. The van der Waals surface area contributed by atoms with Gasteiger partial charge in [0, 0.05) is 6.20 Å². The molecule has 2 aromatic carbocycles. The van der Waals surface area contributed by atoms with Gasteiger partial charge in [0.1, 0.15) is 11.4 Å². The van der Waals surface area contributed by atoms with Crippen LogP contribution in [0.25, 0.3) is 11.0 Å². The summed E-state index contributed by atoms with van der Waals surface area (Å²) in [6, 6.07) is 16.7. The molecule has 33 heavy (non-hydrogen) atoms. The first kappa shape index (κ1) is 21.1. The minimum absolute atomic E-state index is 0.00747. The Balaban J connectivity index is 1.78. The van der Waals surface area contributed by atoms with Crippen molar-refractivity contribution in [3.05, 3.63) is 105 Å². The molecule has 1 amide bonds. The van der Waals surface area contributed by atoms with Crippen LogP contribution in [-0.2, 0) is 5.41 Å². The van der Waals surface area contributed by atoms with Gasteiger partial charge in [-0.25, -0.2) is 4.98 Å². The largest absolute Gasteiger partial charge is 0.450 e. The van der Waals surface area contributed by atoms with Crippen molar-refractivity contribution in [2.45, 2.75) is 46.1 Å². The van der Waals surface area contributed by atoms with E-state index in [1.165, 1.54) is 5.56 Å². The maximum atomic E-state index is 13.7. The number of hydrogen-bond acceptors (Lipinski definition) is 4. The first-order valence-corrected chi connectivity index (χ1v) is 11.1. The lowest BCUT2D eigenvalue weighted by Crippen LogP contribution is -2.30. The van der Waals surface area contributed by atoms with E-state index in [-0.39, 0.29) is 22.5 Å². The summed E-state index contributed by atoms with van der Waals surface area (Å²) in [5.74, 6) is 0.230. The molecule has 166 valence electrons. The molecular formula is C28H26N2O3. The van der Waals surface area contributed by atoms with Gasteiger partial charge in [0.2, 0.25) is 5.76 Å². The van der Waals surface area contributed by atoms with E-state index >= 15 is 0 Å². The van der Waals surface area contributed by atoms with Crippen molar-refractivity contribution in [3.8, 4) is 0 Å². The van der Waals surface area contributed by atoms with E-state index in [0.29, 0.717) is 22.4 Å². The fourth-order valence-electron chi connectivity index (χ4n) is 4.46. The van der Waals surface area contributed by atoms with Crippen LogP contribution in [0.2, 0.25) is 0 Å². The number of hydrogen-bond donors (Lipinski definition) is 0. The van der Waals surface area contributed by atoms with E-state index in [1.54, 1.807) is 17.2 Å². The average Bonchev–Trinajstić information content (AvgIpc) is 3.06. The number of nitrogens with zero attached hydrogens (tertiary/aromatic N) is 2. The topological polar surface area (TPSA) is 63.4 Å². The summed E-state index contributed by atoms with van der Waals surface area (Å²) < 4.78 is 6.05. The van der Waals surface area contributed by atoms with Crippen molar-refractivity contribution in [2.75, 3.05) is 4.90 Å². The number of benzene rings is 2. The molecular weight excluding hydrogens is 412 g/mol. The van der Waals surface area contributed by atoms with Crippen LogP contribution in [0.1, 0.15) is 65.2 Å². The maximum absolute atomic E-state index is 13.7. The molecule has 1 unspecified atom stereocenters. The minimum Gasteiger partial charge on any atom is -0.450 e. The number of carbonyl (C=O) groups excluding carboxylic acids is 1. The highest BCUT2D eigenvalue weighted by atomic mass is 16.3. The van der Waals surface area contributed by atoms with Gasteiger partial charge in [0.15, 0.2) is 5.43 Å². The number of pyridine rings is 1.